The van der Waals surface area contributed by atoms with Crippen LogP contribution in [0.25, 0.3) is 4.98 Å². The number of likely N-dealkylation sites (N-methyl/N-ethyl adjacent to an activating group) is 1. The van der Waals surface area contributed by atoms with E-state index >= 15 is 0 Å². The third-order valence-electron chi connectivity index (χ3n) is 1.66. The van der Waals surface area contributed by atoms with Gasteiger partial charge >= 0.3 is 17.5 Å². The number of aliphatic hydroxyl groups is 1. The summed E-state index contributed by atoms with van der Waals surface area (Å²) in [6.07, 6.45) is 0. The second kappa shape index (κ2) is 6.67. The average molecular weight is 268 g/mol. The second-order valence-corrected chi connectivity index (χ2v) is 9.54. The zero-order valence-corrected chi connectivity index (χ0v) is 12.3. The molecule has 1 N–H and O–H groups in total. The molecule has 18 heavy (non-hydrogen) atoms. The topological polar surface area (TPSA) is 77.9 Å². The number of ether oxygens (including phenoxy) is 1. The van der Waals surface area contributed by atoms with E-state index in [4.69, 9.17) is 10.1 Å². The fraction of sp³-hybridized carbons (Fsp3) is 0.545. The molecular weight excluding hydrogens is 250 g/mol. The molecule has 0 fully saturated rings. The summed E-state index contributed by atoms with van der Waals surface area (Å²) in [5, 5.41) is 18.1. The minimum absolute atomic E-state index is 0.0597. The monoisotopic (exact) mass is 268 g/mol. The molecule has 1 amide bonds. The number of carbonyl (C=O) groups is 1. The van der Waals surface area contributed by atoms with E-state index in [1.54, 1.807) is 0 Å². The van der Waals surface area contributed by atoms with Crippen LogP contribution in [0.5, 0.6) is 0 Å². The molecule has 0 aromatic rings. The molecule has 98 valence electrons. The Bertz CT molecular complexity index is 447. The summed E-state index contributed by atoms with van der Waals surface area (Å²) in [5.41, 5.74) is 2.48. The molecule has 0 spiro atoms. The van der Waals surface area contributed by atoms with Crippen LogP contribution in [0.2, 0.25) is 19.6 Å². The number of diazo groups is 1. The number of carbonyl (C=O) groups excluding carboxylic acids is 1. The van der Waals surface area contributed by atoms with Crippen molar-refractivity contribution in [3.8, 4) is 11.5 Å². The number of aliphatic hydroxyl groups excluding tert-OH is 1. The molecule has 0 aromatic carbocycles. The molecule has 0 bridgehead atoms. The number of rotatable bonds is 3. The summed E-state index contributed by atoms with van der Waals surface area (Å²) in [7, 11) is 1.44. The van der Waals surface area contributed by atoms with Gasteiger partial charge in [0.15, 0.2) is 11.6 Å². The lowest BCUT2D eigenvalue weighted by Gasteiger charge is -2.05. The lowest BCUT2D eigenvalue weighted by atomic mass is 10.4. The highest BCUT2D eigenvalue weighted by molar-refractivity contribution is 6.83. The Balaban J connectivity index is 4.72. The molecule has 0 radical (unpaired) electrons. The third-order valence-corrected chi connectivity index (χ3v) is 2.58. The predicted octanol–water partition coefficient (Wildman–Crippen LogP) is 1.55. The first-order valence-corrected chi connectivity index (χ1v) is 8.82. The van der Waals surface area contributed by atoms with Crippen molar-refractivity contribution < 1.29 is 14.6 Å². The smallest absolute Gasteiger partial charge is 0.475 e. The van der Waals surface area contributed by atoms with Crippen LogP contribution < -0.4 is 0 Å². The molecule has 0 aliphatic carbocycles. The fourth-order valence-corrected chi connectivity index (χ4v) is 1.47. The van der Waals surface area contributed by atoms with E-state index in [-0.39, 0.29) is 6.61 Å². The number of nitrogens with zero attached hydrogens (tertiary/aromatic N) is 3. The van der Waals surface area contributed by atoms with Crippen molar-refractivity contribution in [3.05, 3.63) is 16.6 Å². The summed E-state index contributed by atoms with van der Waals surface area (Å²) in [6, 6.07) is 0. The lowest BCUT2D eigenvalue weighted by molar-refractivity contribution is -0.125. The van der Waals surface area contributed by atoms with Crippen LogP contribution in [0, 0.1) is 16.9 Å². The van der Waals surface area contributed by atoms with E-state index in [1.807, 2.05) is 0 Å². The van der Waals surface area contributed by atoms with Crippen LogP contribution in [0.3, 0.4) is 0 Å². The highest BCUT2D eigenvalue weighted by Gasteiger charge is 2.32. The minimum atomic E-state index is -1.49. The van der Waals surface area contributed by atoms with Crippen molar-refractivity contribution in [3.63, 3.8) is 0 Å². The largest absolute Gasteiger partial charge is 0.527 e. The first kappa shape index (κ1) is 16.0. The molecule has 0 aliphatic rings. The quantitative estimate of drug-likeness (QED) is 0.277. The fourth-order valence-electron chi connectivity index (χ4n) is 0.863. The third kappa shape index (κ3) is 5.92. The van der Waals surface area contributed by atoms with Gasteiger partial charge in [-0.15, -0.1) is 5.54 Å². The Morgan fingerprint density at radius 2 is 2.00 bits per heavy atom. The van der Waals surface area contributed by atoms with Gasteiger partial charge in [0, 0.05) is 14.1 Å². The van der Waals surface area contributed by atoms with Crippen molar-refractivity contribution in [1.82, 2.24) is 4.90 Å². The van der Waals surface area contributed by atoms with E-state index in [0.29, 0.717) is 0 Å². The Morgan fingerprint density at radius 3 is 2.39 bits per heavy atom. The minimum Gasteiger partial charge on any atom is -0.475 e. The highest BCUT2D eigenvalue weighted by Crippen LogP contribution is 2.07. The van der Waals surface area contributed by atoms with Crippen molar-refractivity contribution in [2.24, 2.45) is 0 Å². The lowest BCUT2D eigenvalue weighted by Crippen LogP contribution is -2.23. The molecule has 0 unspecified atom stereocenters. The van der Waals surface area contributed by atoms with Gasteiger partial charge in [-0.3, -0.25) is 4.79 Å². The molecule has 0 aromatic heterocycles. The van der Waals surface area contributed by atoms with Gasteiger partial charge in [0.1, 0.15) is 8.07 Å². The predicted molar refractivity (Wildman–Crippen MR) is 70.5 cm³/mol. The first-order chi connectivity index (χ1) is 8.19. The molecular formula is C11H18N3O3Si+. The second-order valence-electron chi connectivity index (χ2n) is 4.79. The Labute approximate surface area is 108 Å². The van der Waals surface area contributed by atoms with Crippen LogP contribution in [0.15, 0.2) is 11.6 Å². The highest BCUT2D eigenvalue weighted by atomic mass is 28.3. The van der Waals surface area contributed by atoms with Crippen LogP contribution >= 0.6 is 0 Å². The van der Waals surface area contributed by atoms with Gasteiger partial charge in [0.2, 0.25) is 5.39 Å². The van der Waals surface area contributed by atoms with Gasteiger partial charge in [-0.05, 0) is 0 Å². The van der Waals surface area contributed by atoms with E-state index in [9.17, 15) is 9.90 Å². The van der Waals surface area contributed by atoms with Crippen molar-refractivity contribution in [2.75, 3.05) is 20.7 Å². The van der Waals surface area contributed by atoms with Crippen LogP contribution in [-0.4, -0.2) is 44.7 Å². The van der Waals surface area contributed by atoms with Gasteiger partial charge in [0.25, 0.3) is 0 Å². The molecule has 7 heteroatoms. The van der Waals surface area contributed by atoms with Crippen molar-refractivity contribution in [1.29, 1.82) is 5.39 Å². The Kier molecular flexibility index (Phi) is 5.93. The van der Waals surface area contributed by atoms with Crippen LogP contribution in [-0.2, 0) is 9.53 Å². The maximum Gasteiger partial charge on any atom is 0.527 e. The van der Waals surface area contributed by atoms with Crippen LogP contribution in [0.1, 0.15) is 0 Å². The molecule has 0 saturated heterocycles. The molecule has 0 heterocycles. The van der Waals surface area contributed by atoms with Gasteiger partial charge in [-0.1, -0.05) is 25.6 Å². The number of amides is 1. The SMILES string of the molecule is CN(C)C(=O)/C([N+]#N)=C(\O)OCC#C[Si](C)(C)C. The molecule has 0 atom stereocenters. The molecule has 0 rings (SSSR count). The van der Waals surface area contributed by atoms with Crippen molar-refractivity contribution >= 4 is 14.0 Å². The van der Waals surface area contributed by atoms with Gasteiger partial charge in [-0.2, -0.15) is 0 Å². The zero-order valence-electron chi connectivity index (χ0n) is 11.3. The summed E-state index contributed by atoms with van der Waals surface area (Å²) >= 11 is 0. The van der Waals surface area contributed by atoms with Crippen molar-refractivity contribution in [2.45, 2.75) is 19.6 Å². The summed E-state index contributed by atoms with van der Waals surface area (Å²) < 4.78 is 4.84. The number of hydrogen-bond acceptors (Lipinski definition) is 4. The van der Waals surface area contributed by atoms with E-state index in [2.05, 4.69) is 36.1 Å². The van der Waals surface area contributed by atoms with Gasteiger partial charge in [0.05, 0.1) is 0 Å². The number of hydrogen-bond donors (Lipinski definition) is 1. The van der Waals surface area contributed by atoms with E-state index < -0.39 is 25.6 Å². The van der Waals surface area contributed by atoms with E-state index in [1.165, 1.54) is 14.1 Å². The summed E-state index contributed by atoms with van der Waals surface area (Å²) in [5.74, 6) is 1.36. The molecule has 6 nitrogen and oxygen atoms in total. The Hall–Kier alpha value is -1.99. The van der Waals surface area contributed by atoms with Gasteiger partial charge in [-0.25, -0.2) is 0 Å². The average Bonchev–Trinajstić information content (AvgIpc) is 2.23. The molecule has 0 aliphatic heterocycles. The maximum absolute atomic E-state index is 11.5. The normalized spacial score (nSPS) is 11.6. The molecule has 0 saturated carbocycles. The van der Waals surface area contributed by atoms with Crippen LogP contribution in [0.4, 0.5) is 0 Å². The van der Waals surface area contributed by atoms with Gasteiger partial charge < -0.3 is 14.7 Å². The summed E-state index contributed by atoms with van der Waals surface area (Å²) in [4.78, 5) is 15.3. The Morgan fingerprint density at radius 1 is 1.44 bits per heavy atom. The first-order valence-electron chi connectivity index (χ1n) is 5.32. The summed E-state index contributed by atoms with van der Waals surface area (Å²) in [6.45, 7) is 6.15. The standard InChI is InChI=1S/C11H17N3O3Si/c1-14(2)10(15)9(13-12)11(16)17-7-6-8-18(3,4)5/h7H2,1-5H3/p+1. The maximum atomic E-state index is 11.5. The zero-order chi connectivity index (χ0) is 14.3. The van der Waals surface area contributed by atoms with E-state index in [0.717, 1.165) is 4.90 Å².